The highest BCUT2D eigenvalue weighted by Crippen LogP contribution is 2.30. The average molecular weight is 521 g/mol. The normalized spacial score (nSPS) is 10.9. The molecule has 0 unspecified atom stereocenters. The van der Waals surface area contributed by atoms with Crippen LogP contribution in [0.15, 0.2) is 47.5 Å². The van der Waals surface area contributed by atoms with Crippen LogP contribution < -0.4 is 24.8 Å². The number of hydrogen-bond donors (Lipinski definition) is 2. The predicted octanol–water partition coefficient (Wildman–Crippen LogP) is 4.89. The van der Waals surface area contributed by atoms with Gasteiger partial charge in [-0.3, -0.25) is 0 Å². The lowest BCUT2D eigenvalue weighted by Gasteiger charge is -2.15. The van der Waals surface area contributed by atoms with E-state index in [0.717, 1.165) is 5.69 Å². The van der Waals surface area contributed by atoms with Gasteiger partial charge in [0.1, 0.15) is 5.75 Å². The molecule has 0 saturated carbocycles. The molecule has 0 amide bonds. The van der Waals surface area contributed by atoms with Gasteiger partial charge >= 0.3 is 6.61 Å². The van der Waals surface area contributed by atoms with Crippen molar-refractivity contribution in [2.75, 3.05) is 25.6 Å². The smallest absolute Gasteiger partial charge is 0.387 e. The highest BCUT2D eigenvalue weighted by atomic mass is 127. The van der Waals surface area contributed by atoms with E-state index in [9.17, 15) is 8.78 Å². The standard InChI is InChI=1S/C20H25F2N3O3.HI/c1-4-23-20(24-13-14-8-6-7-9-16(14)28-19(21)22)25-15-10-11-17(26-3)18(12-15)27-5-2;/h6-12,19H,4-5,13H2,1-3H3,(H2,23,24,25);1H. The Labute approximate surface area is 186 Å². The number of nitrogens with zero attached hydrogens (tertiary/aromatic N) is 1. The van der Waals surface area contributed by atoms with Crippen molar-refractivity contribution in [2.24, 2.45) is 4.99 Å². The van der Waals surface area contributed by atoms with Crippen LogP contribution in [0.2, 0.25) is 0 Å². The molecule has 0 fully saturated rings. The zero-order valence-electron chi connectivity index (χ0n) is 16.6. The molecule has 0 aliphatic heterocycles. The van der Waals surface area contributed by atoms with E-state index >= 15 is 0 Å². The maximum absolute atomic E-state index is 12.6. The van der Waals surface area contributed by atoms with E-state index in [-0.39, 0.29) is 36.3 Å². The first-order chi connectivity index (χ1) is 13.6. The molecule has 0 aliphatic rings. The van der Waals surface area contributed by atoms with Gasteiger partial charge < -0.3 is 24.8 Å². The second kappa shape index (κ2) is 13.0. The number of guanidine groups is 1. The van der Waals surface area contributed by atoms with Crippen LogP contribution >= 0.6 is 24.0 Å². The molecule has 2 aromatic carbocycles. The van der Waals surface area contributed by atoms with Crippen molar-refractivity contribution in [3.05, 3.63) is 48.0 Å². The van der Waals surface area contributed by atoms with Crippen LogP contribution in [-0.2, 0) is 6.54 Å². The van der Waals surface area contributed by atoms with E-state index in [1.54, 1.807) is 31.4 Å². The van der Waals surface area contributed by atoms with Crippen LogP contribution in [0, 0.1) is 0 Å². The Bertz CT molecular complexity index is 791. The first-order valence-electron chi connectivity index (χ1n) is 8.96. The fourth-order valence-electron chi connectivity index (χ4n) is 2.48. The second-order valence-corrected chi connectivity index (χ2v) is 5.61. The Balaban J connectivity index is 0.00000420. The van der Waals surface area contributed by atoms with Crippen LogP contribution in [0.3, 0.4) is 0 Å². The number of rotatable bonds is 9. The van der Waals surface area contributed by atoms with Crippen LogP contribution in [0.5, 0.6) is 17.2 Å². The van der Waals surface area contributed by atoms with E-state index < -0.39 is 6.61 Å². The number of methoxy groups -OCH3 is 1. The Morgan fingerprint density at radius 3 is 2.48 bits per heavy atom. The summed E-state index contributed by atoms with van der Waals surface area (Å²) in [6.07, 6.45) is 0. The molecule has 0 spiro atoms. The second-order valence-electron chi connectivity index (χ2n) is 5.61. The number of para-hydroxylation sites is 1. The Kier molecular flexibility index (Phi) is 11.1. The van der Waals surface area contributed by atoms with E-state index in [1.807, 2.05) is 26.0 Å². The van der Waals surface area contributed by atoms with Crippen molar-refractivity contribution in [3.63, 3.8) is 0 Å². The number of alkyl halides is 2. The molecule has 6 nitrogen and oxygen atoms in total. The monoisotopic (exact) mass is 521 g/mol. The topological polar surface area (TPSA) is 64.1 Å². The van der Waals surface area contributed by atoms with E-state index in [2.05, 4.69) is 20.4 Å². The van der Waals surface area contributed by atoms with Gasteiger partial charge in [-0.2, -0.15) is 8.78 Å². The molecule has 0 aliphatic carbocycles. The number of aliphatic imine (C=N–C) groups is 1. The fraction of sp³-hybridized carbons (Fsp3) is 0.350. The summed E-state index contributed by atoms with van der Waals surface area (Å²) in [5, 5.41) is 6.29. The van der Waals surface area contributed by atoms with Crippen LogP contribution in [0.4, 0.5) is 14.5 Å². The lowest BCUT2D eigenvalue weighted by atomic mass is 10.2. The van der Waals surface area contributed by atoms with Crippen molar-refractivity contribution in [2.45, 2.75) is 27.0 Å². The first kappa shape index (κ1) is 24.7. The van der Waals surface area contributed by atoms with Gasteiger partial charge in [-0.25, -0.2) is 4.99 Å². The molecule has 0 bridgehead atoms. The summed E-state index contributed by atoms with van der Waals surface area (Å²) in [7, 11) is 1.58. The molecule has 160 valence electrons. The Morgan fingerprint density at radius 1 is 1.07 bits per heavy atom. The predicted molar refractivity (Wildman–Crippen MR) is 121 cm³/mol. The molecule has 2 rings (SSSR count). The molecular weight excluding hydrogens is 495 g/mol. The third-order valence-electron chi connectivity index (χ3n) is 3.67. The maximum Gasteiger partial charge on any atom is 0.387 e. The molecule has 0 heterocycles. The van der Waals surface area contributed by atoms with Gasteiger partial charge in [0.05, 0.1) is 20.3 Å². The molecule has 2 N–H and O–H groups in total. The summed E-state index contributed by atoms with van der Waals surface area (Å²) in [6, 6.07) is 12.0. The molecule has 29 heavy (non-hydrogen) atoms. The van der Waals surface area contributed by atoms with Crippen molar-refractivity contribution >= 4 is 35.6 Å². The summed E-state index contributed by atoms with van der Waals surface area (Å²) >= 11 is 0. The van der Waals surface area contributed by atoms with Gasteiger partial charge in [0, 0.05) is 23.9 Å². The molecular formula is C20H26F2IN3O3. The lowest BCUT2D eigenvalue weighted by molar-refractivity contribution is -0.0504. The third-order valence-corrected chi connectivity index (χ3v) is 3.67. The summed E-state index contributed by atoms with van der Waals surface area (Å²) in [5.41, 5.74) is 1.31. The number of nitrogens with one attached hydrogen (secondary N) is 2. The van der Waals surface area contributed by atoms with Crippen molar-refractivity contribution in [1.29, 1.82) is 0 Å². The molecule has 0 atom stereocenters. The first-order valence-corrected chi connectivity index (χ1v) is 8.96. The zero-order valence-corrected chi connectivity index (χ0v) is 18.9. The third kappa shape index (κ3) is 7.92. The molecule has 0 saturated heterocycles. The number of hydrogen-bond acceptors (Lipinski definition) is 4. The highest BCUT2D eigenvalue weighted by Gasteiger charge is 2.10. The van der Waals surface area contributed by atoms with E-state index in [4.69, 9.17) is 9.47 Å². The van der Waals surface area contributed by atoms with Crippen LogP contribution in [-0.4, -0.2) is 32.8 Å². The van der Waals surface area contributed by atoms with Crippen LogP contribution in [0.25, 0.3) is 0 Å². The minimum atomic E-state index is -2.88. The Hall–Kier alpha value is -2.30. The average Bonchev–Trinajstić information content (AvgIpc) is 2.67. The van der Waals surface area contributed by atoms with Crippen LogP contribution in [0.1, 0.15) is 19.4 Å². The summed E-state index contributed by atoms with van der Waals surface area (Å²) in [6.45, 7) is 2.26. The summed E-state index contributed by atoms with van der Waals surface area (Å²) in [5.74, 6) is 1.86. The molecule has 2 aromatic rings. The van der Waals surface area contributed by atoms with Gasteiger partial charge in [-0.1, -0.05) is 18.2 Å². The van der Waals surface area contributed by atoms with E-state index in [1.165, 1.54) is 6.07 Å². The summed E-state index contributed by atoms with van der Waals surface area (Å²) in [4.78, 5) is 4.46. The zero-order chi connectivity index (χ0) is 20.4. The number of ether oxygens (including phenoxy) is 3. The van der Waals surface area contributed by atoms with Gasteiger partial charge in [0.15, 0.2) is 17.5 Å². The van der Waals surface area contributed by atoms with Crippen molar-refractivity contribution in [1.82, 2.24) is 5.32 Å². The minimum Gasteiger partial charge on any atom is -0.493 e. The van der Waals surface area contributed by atoms with Gasteiger partial charge in [-0.15, -0.1) is 24.0 Å². The van der Waals surface area contributed by atoms with Crippen molar-refractivity contribution < 1.29 is 23.0 Å². The number of halogens is 3. The van der Waals surface area contributed by atoms with Gasteiger partial charge in [0.2, 0.25) is 0 Å². The molecule has 9 heteroatoms. The van der Waals surface area contributed by atoms with E-state index in [0.29, 0.717) is 36.2 Å². The Morgan fingerprint density at radius 2 is 1.83 bits per heavy atom. The highest BCUT2D eigenvalue weighted by molar-refractivity contribution is 14.0. The summed E-state index contributed by atoms with van der Waals surface area (Å²) < 4.78 is 40.5. The SMILES string of the molecule is CCNC(=NCc1ccccc1OC(F)F)Nc1ccc(OC)c(OCC)c1.I. The number of anilines is 1. The molecule has 0 radical (unpaired) electrons. The van der Waals surface area contributed by atoms with Gasteiger partial charge in [0.25, 0.3) is 0 Å². The quantitative estimate of drug-likeness (QED) is 0.280. The largest absolute Gasteiger partial charge is 0.493 e. The fourth-order valence-corrected chi connectivity index (χ4v) is 2.48. The van der Waals surface area contributed by atoms with Gasteiger partial charge in [-0.05, 0) is 32.0 Å². The molecule has 0 aromatic heterocycles. The maximum atomic E-state index is 12.6. The lowest BCUT2D eigenvalue weighted by Crippen LogP contribution is -2.30. The van der Waals surface area contributed by atoms with Crippen molar-refractivity contribution in [3.8, 4) is 17.2 Å². The minimum absolute atomic E-state index is 0. The number of benzene rings is 2.